The largest absolute Gasteiger partial charge is 0.481 e. The number of hydrogen-bond acceptors (Lipinski definition) is 18. The Morgan fingerprint density at radius 2 is 0.706 bits per heavy atom. The first kappa shape index (κ1) is 102. The number of unbranched alkanes of at least 4 members (excludes halogenated alkanes) is 1. The maximum absolute atomic E-state index is 11.4. The van der Waals surface area contributed by atoms with Gasteiger partial charge in [0, 0.05) is 122 Å². The second-order valence-corrected chi connectivity index (χ2v) is 29.0. The Morgan fingerprint density at radius 3 is 1.00 bits per heavy atom. The molecule has 2 aromatic heterocycles. The van der Waals surface area contributed by atoms with Crippen LogP contribution >= 0.6 is 0 Å². The highest BCUT2D eigenvalue weighted by atomic mass is 16.4. The minimum Gasteiger partial charge on any atom is -0.481 e. The highest BCUT2D eigenvalue weighted by molar-refractivity contribution is 5.76. The van der Waals surface area contributed by atoms with Crippen LogP contribution in [0.25, 0.3) is 0 Å². The lowest BCUT2D eigenvalue weighted by molar-refractivity contribution is -0.146. The number of carboxylic acids is 6. The molecule has 30 heteroatoms. The van der Waals surface area contributed by atoms with Crippen molar-refractivity contribution in [1.29, 1.82) is 0 Å². The first-order chi connectivity index (χ1) is 47.2. The Bertz CT molecular complexity index is 2510. The molecular formula is C72H146N18O12. The molecule has 0 saturated heterocycles. The van der Waals surface area contributed by atoms with Gasteiger partial charge in [-0.05, 0) is 224 Å². The quantitative estimate of drug-likeness (QED) is 0.0169. The predicted octanol–water partition coefficient (Wildman–Crippen LogP) is 8.17. The highest BCUT2D eigenvalue weighted by Gasteiger charge is 2.34. The minimum absolute atomic E-state index is 0.0460. The van der Waals surface area contributed by atoms with Crippen LogP contribution in [0.3, 0.4) is 0 Å². The van der Waals surface area contributed by atoms with Crippen molar-refractivity contribution in [1.82, 2.24) is 49.3 Å². The fourth-order valence-electron chi connectivity index (χ4n) is 13.6. The van der Waals surface area contributed by atoms with Gasteiger partial charge in [-0.25, -0.2) is 9.97 Å². The van der Waals surface area contributed by atoms with E-state index in [9.17, 15) is 44.1 Å². The molecule has 0 radical (unpaired) electrons. The number of nitrogens with one attached hydrogen (secondary N) is 2. The number of carbonyl (C=O) groups is 6. The second-order valence-electron chi connectivity index (χ2n) is 29.0. The number of aromatic amines is 2. The molecule has 0 saturated carbocycles. The third kappa shape index (κ3) is 44.9. The van der Waals surface area contributed by atoms with Crippen LogP contribution in [0, 0.1) is 0 Å². The molecule has 2 heterocycles. The Hall–Kier alpha value is -6.54. The van der Waals surface area contributed by atoms with Crippen molar-refractivity contribution >= 4 is 47.7 Å². The van der Waals surface area contributed by atoms with Crippen molar-refractivity contribution in [2.75, 3.05) is 26.2 Å². The van der Waals surface area contributed by atoms with Gasteiger partial charge in [0.05, 0.1) is 43.7 Å². The molecule has 102 heavy (non-hydrogen) atoms. The highest BCUT2D eigenvalue weighted by Crippen LogP contribution is 2.28. The van der Waals surface area contributed by atoms with Gasteiger partial charge in [0.1, 0.15) is 18.1 Å². The molecule has 6 atom stereocenters. The van der Waals surface area contributed by atoms with Crippen molar-refractivity contribution in [3.63, 3.8) is 0 Å². The molecule has 0 bridgehead atoms. The third-order valence-corrected chi connectivity index (χ3v) is 16.7. The van der Waals surface area contributed by atoms with Gasteiger partial charge >= 0.3 is 35.8 Å². The van der Waals surface area contributed by atoms with Crippen molar-refractivity contribution in [2.24, 2.45) is 44.4 Å². The summed E-state index contributed by atoms with van der Waals surface area (Å²) in [5.74, 6) is -4.53. The van der Waals surface area contributed by atoms with Crippen LogP contribution in [0.15, 0.2) is 35.0 Å². The van der Waals surface area contributed by atoms with Gasteiger partial charge in [0.25, 0.3) is 0 Å². The summed E-state index contributed by atoms with van der Waals surface area (Å²) in [5, 5.41) is 54.9. The summed E-state index contributed by atoms with van der Waals surface area (Å²) in [6, 6.07) is 1.62. The van der Waals surface area contributed by atoms with Gasteiger partial charge < -0.3 is 75.0 Å². The summed E-state index contributed by atoms with van der Waals surface area (Å²) in [6.07, 6.45) is 13.4. The summed E-state index contributed by atoms with van der Waals surface area (Å²) in [5.41, 5.74) is 33.6. The number of rotatable bonds is 44. The van der Waals surface area contributed by atoms with Crippen molar-refractivity contribution in [3.05, 3.63) is 36.4 Å². The van der Waals surface area contributed by atoms with E-state index in [1.165, 1.54) is 0 Å². The van der Waals surface area contributed by atoms with E-state index in [0.717, 1.165) is 37.1 Å². The number of nitrogens with zero attached hydrogens (tertiary/aromatic N) is 10. The summed E-state index contributed by atoms with van der Waals surface area (Å²) in [4.78, 5) is 101. The first-order valence-corrected chi connectivity index (χ1v) is 36.6. The molecule has 30 nitrogen and oxygen atoms in total. The number of carboxylic acid groups (broad SMARTS) is 6. The SMILES string of the molecule is CC(C)N(C(C)C)C(CC(=O)O)c1cnc[nH]1.CC(C)N(C(C)C)C(CCCCN)C(=O)O.CC(C)N(C(C)C)C(CCCN)CC(=O)O.CC(C)N(C(C)C)C(CCCN=C(N)N)C(=O)O.CC(C)N(C(C)C)C(CCN=C(N)N)CC(=O)O.CC(C)N(C(C)C)C(Cc1cnc[nH]1)C(=O)O. The molecule has 2 rings (SSSR count). The van der Waals surface area contributed by atoms with E-state index >= 15 is 0 Å². The zero-order valence-electron chi connectivity index (χ0n) is 67.1. The maximum Gasteiger partial charge on any atom is 0.321 e. The van der Waals surface area contributed by atoms with E-state index in [4.69, 9.17) is 49.7 Å². The smallest absolute Gasteiger partial charge is 0.321 e. The Kier molecular flexibility index (Phi) is 55.8. The number of hydrogen-bond donors (Lipinski definition) is 14. The topological polar surface area (TPSA) is 481 Å². The van der Waals surface area contributed by atoms with Gasteiger partial charge in [0.15, 0.2) is 11.9 Å². The number of nitrogens with two attached hydrogens (primary N) is 6. The lowest BCUT2D eigenvalue weighted by atomic mass is 10.0. The second kappa shape index (κ2) is 55.9. The van der Waals surface area contributed by atoms with E-state index in [1.807, 2.05) is 92.9 Å². The normalized spacial score (nSPS) is 13.5. The molecule has 0 aromatic carbocycles. The van der Waals surface area contributed by atoms with Crippen LogP contribution in [-0.2, 0) is 35.2 Å². The van der Waals surface area contributed by atoms with Crippen LogP contribution in [0.4, 0.5) is 0 Å². The molecule has 0 aliphatic rings. The standard InChI is InChI=1S/2C12H26N4O2.2C12H21N3O2.2C12H26N2O2/c1-8(2)16(9(3)4)10(7-11(17)18)5-6-15-12(13)14;1-8(2)16(9(3)4)10(11(17)18)6-5-7-15-12(13)14;1-8(2)15(9(3)4)11(5-12(16)17)10-6-13-7-14-10;1-8(2)15(9(3)4)11(12(16)17)5-10-6-13-7-14-10;1-9(2)14(10(3)4)11(6-5-7-13)8-12(15)16;1-9(2)14(10(3)4)11(12(15)16)7-5-6-8-13/h2*8-10H,5-7H2,1-4H3,(H,17,18)(H4,13,14,15);2*6-9,11H,5H2,1-4H3,(H,13,14)(H,16,17);2*9-11H,5-8,13H2,1-4H3,(H,15,16). The van der Waals surface area contributed by atoms with E-state index in [2.05, 4.69) is 133 Å². The van der Waals surface area contributed by atoms with E-state index < -0.39 is 47.9 Å². The van der Waals surface area contributed by atoms with Gasteiger partial charge in [0.2, 0.25) is 0 Å². The lowest BCUT2D eigenvalue weighted by Crippen LogP contribution is -2.50. The number of aliphatic imine (C=N–C) groups is 2. The average Bonchev–Trinajstić information content (AvgIpc) is 1.55. The Balaban J connectivity index is -0.000000565. The molecular weight excluding hydrogens is 1310 g/mol. The molecule has 0 amide bonds. The molecule has 20 N–H and O–H groups in total. The van der Waals surface area contributed by atoms with E-state index in [-0.39, 0.29) is 116 Å². The van der Waals surface area contributed by atoms with Crippen molar-refractivity contribution in [2.45, 2.75) is 352 Å². The van der Waals surface area contributed by atoms with E-state index in [0.29, 0.717) is 70.4 Å². The van der Waals surface area contributed by atoms with Gasteiger partial charge in [-0.2, -0.15) is 0 Å². The molecule has 0 aliphatic carbocycles. The van der Waals surface area contributed by atoms with Crippen LogP contribution in [0.1, 0.15) is 254 Å². The number of H-pyrrole nitrogens is 2. The molecule has 0 spiro atoms. The van der Waals surface area contributed by atoms with Crippen molar-refractivity contribution < 1.29 is 59.4 Å². The monoisotopic (exact) mass is 1460 g/mol. The maximum atomic E-state index is 11.4. The summed E-state index contributed by atoms with van der Waals surface area (Å²) < 4.78 is 0. The zero-order chi connectivity index (χ0) is 80.0. The van der Waals surface area contributed by atoms with Crippen LogP contribution in [0.2, 0.25) is 0 Å². The Labute approximate surface area is 613 Å². The number of imidazole rings is 2. The lowest BCUT2D eigenvalue weighted by Gasteiger charge is -2.37. The minimum atomic E-state index is -0.795. The average molecular weight is 1460 g/mol. The van der Waals surface area contributed by atoms with Crippen LogP contribution < -0.4 is 34.4 Å². The molecule has 0 aliphatic heterocycles. The predicted molar refractivity (Wildman–Crippen MR) is 411 cm³/mol. The summed E-state index contributed by atoms with van der Waals surface area (Å²) >= 11 is 0. The fraction of sp³-hybridized carbons (Fsp3) is 0.806. The summed E-state index contributed by atoms with van der Waals surface area (Å²) in [7, 11) is 0. The van der Waals surface area contributed by atoms with Gasteiger partial charge in [-0.15, -0.1) is 0 Å². The number of aromatic nitrogens is 4. The van der Waals surface area contributed by atoms with Gasteiger partial charge in [-0.3, -0.25) is 68.2 Å². The molecule has 6 unspecified atom stereocenters. The molecule has 596 valence electrons. The number of aliphatic carboxylic acids is 6. The third-order valence-electron chi connectivity index (χ3n) is 16.7. The van der Waals surface area contributed by atoms with Gasteiger partial charge in [-0.1, -0.05) is 6.42 Å². The van der Waals surface area contributed by atoms with E-state index in [1.54, 1.807) is 25.0 Å². The van der Waals surface area contributed by atoms with Crippen LogP contribution in [0.5, 0.6) is 0 Å². The van der Waals surface area contributed by atoms with Crippen molar-refractivity contribution in [3.8, 4) is 0 Å². The number of guanidine groups is 2. The molecule has 0 fully saturated rings. The first-order valence-electron chi connectivity index (χ1n) is 36.6. The summed E-state index contributed by atoms with van der Waals surface area (Å²) in [6.45, 7) is 51.4. The zero-order valence-corrected chi connectivity index (χ0v) is 67.1. The fourth-order valence-corrected chi connectivity index (χ4v) is 13.6. The molecule has 2 aromatic rings. The van der Waals surface area contributed by atoms with Crippen LogP contribution in [-0.4, -0.2) is 257 Å². The Morgan fingerprint density at radius 1 is 0.382 bits per heavy atom.